The van der Waals surface area contributed by atoms with Gasteiger partial charge >= 0.3 is 12.1 Å². The number of carboxylic acids is 1. The Morgan fingerprint density at radius 1 is 1.09 bits per heavy atom. The monoisotopic (exact) mass is 610 g/mol. The fraction of sp³-hybridized carbons (Fsp3) is 0.581. The van der Waals surface area contributed by atoms with Crippen LogP contribution in [0.25, 0.3) is 0 Å². The number of hydrogen-bond acceptors (Lipinski definition) is 6. The minimum Gasteiger partial charge on any atom is -0.478 e. The lowest BCUT2D eigenvalue weighted by atomic mass is 9.82. The summed E-state index contributed by atoms with van der Waals surface area (Å²) in [7, 11) is 2.82. The Kier molecular flexibility index (Phi) is 10.0. The zero-order chi connectivity index (χ0) is 31.5. The Labute approximate surface area is 248 Å². The maximum atomic E-state index is 15.7. The first-order valence-corrected chi connectivity index (χ1v) is 14.5. The first-order valence-electron chi connectivity index (χ1n) is 14.5. The van der Waals surface area contributed by atoms with Gasteiger partial charge in [-0.3, -0.25) is 4.79 Å². The van der Waals surface area contributed by atoms with Crippen molar-refractivity contribution in [3.8, 4) is 11.6 Å². The summed E-state index contributed by atoms with van der Waals surface area (Å²) in [6.45, 7) is 3.91. The first kappa shape index (κ1) is 32.7. The molecule has 0 saturated heterocycles. The van der Waals surface area contributed by atoms with Crippen molar-refractivity contribution >= 4 is 17.6 Å². The van der Waals surface area contributed by atoms with Crippen molar-refractivity contribution in [1.29, 1.82) is 0 Å². The van der Waals surface area contributed by atoms with Gasteiger partial charge in [0.2, 0.25) is 11.8 Å². The second-order valence-electron chi connectivity index (χ2n) is 11.6. The predicted octanol–water partition coefficient (Wildman–Crippen LogP) is 6.99. The standard InChI is InChI=1S/C31H38F4N2O6/c1-5-30(10-11-30)20-12-23(31(33,34)35)27(36-15-20)43-26-13-22(29(39)40)25(14-24(26)32)37(21(16-41-3)17-42-4)28(38)19-8-6-18(2)7-9-19/h12-15,18-19,21H,5-11,16-17H2,1-4H3,(H,39,40)/t18-,19-. The maximum absolute atomic E-state index is 15.7. The van der Waals surface area contributed by atoms with E-state index in [1.165, 1.54) is 25.3 Å². The third-order valence-electron chi connectivity index (χ3n) is 8.73. The SMILES string of the molecule is CCC1(c2cnc(Oc3cc(C(=O)O)c(N(C(=O)[C@H]4CC[C@H](C)CC4)C(COC)COC)cc3F)c(C(F)(F)F)c2)CC1. The van der Waals surface area contributed by atoms with Crippen molar-refractivity contribution in [2.45, 2.75) is 76.4 Å². The number of aromatic nitrogens is 1. The molecular weight excluding hydrogens is 572 g/mol. The molecule has 0 aliphatic heterocycles. The molecule has 0 spiro atoms. The van der Waals surface area contributed by atoms with Crippen molar-refractivity contribution < 1.29 is 46.5 Å². The maximum Gasteiger partial charge on any atom is 0.421 e. The molecule has 8 nitrogen and oxygen atoms in total. The van der Waals surface area contributed by atoms with Crippen LogP contribution in [0.15, 0.2) is 24.4 Å². The van der Waals surface area contributed by atoms with Crippen molar-refractivity contribution in [3.05, 3.63) is 46.9 Å². The van der Waals surface area contributed by atoms with Crippen molar-refractivity contribution in [3.63, 3.8) is 0 Å². The van der Waals surface area contributed by atoms with E-state index in [1.54, 1.807) is 0 Å². The molecule has 2 aromatic rings. The number of hydrogen-bond donors (Lipinski definition) is 1. The number of aromatic carboxylic acids is 1. The van der Waals surface area contributed by atoms with Gasteiger partial charge in [0.25, 0.3) is 0 Å². The summed E-state index contributed by atoms with van der Waals surface area (Å²) in [5.41, 5.74) is -1.93. The Morgan fingerprint density at radius 3 is 2.23 bits per heavy atom. The topological polar surface area (TPSA) is 98.2 Å². The fourth-order valence-electron chi connectivity index (χ4n) is 5.90. The van der Waals surface area contributed by atoms with E-state index in [4.69, 9.17) is 14.2 Å². The van der Waals surface area contributed by atoms with Gasteiger partial charge in [0.15, 0.2) is 11.6 Å². The van der Waals surface area contributed by atoms with Gasteiger partial charge in [-0.2, -0.15) is 13.2 Å². The summed E-state index contributed by atoms with van der Waals surface area (Å²) >= 11 is 0. The third-order valence-corrected chi connectivity index (χ3v) is 8.73. The van der Waals surface area contributed by atoms with E-state index in [1.807, 2.05) is 6.92 Å². The number of alkyl halides is 3. The molecule has 2 aliphatic carbocycles. The molecule has 1 aromatic heterocycles. The Balaban J connectivity index is 1.77. The zero-order valence-electron chi connectivity index (χ0n) is 24.8. The minimum absolute atomic E-state index is 0.0356. The van der Waals surface area contributed by atoms with Gasteiger partial charge in [0.05, 0.1) is 30.5 Å². The first-order chi connectivity index (χ1) is 20.3. The van der Waals surface area contributed by atoms with Gasteiger partial charge in [-0.25, -0.2) is 14.2 Å². The molecule has 236 valence electrons. The van der Waals surface area contributed by atoms with E-state index in [2.05, 4.69) is 11.9 Å². The molecule has 12 heteroatoms. The van der Waals surface area contributed by atoms with Crippen LogP contribution in [0, 0.1) is 17.7 Å². The van der Waals surface area contributed by atoms with Crippen LogP contribution in [0.1, 0.15) is 80.3 Å². The van der Waals surface area contributed by atoms with E-state index in [-0.39, 0.29) is 24.3 Å². The quantitative estimate of drug-likeness (QED) is 0.259. The fourth-order valence-corrected chi connectivity index (χ4v) is 5.90. The Morgan fingerprint density at radius 2 is 1.72 bits per heavy atom. The normalized spacial score (nSPS) is 19.7. The summed E-state index contributed by atoms with van der Waals surface area (Å²) in [6, 6.07) is 1.76. The van der Waals surface area contributed by atoms with Gasteiger partial charge in [-0.05, 0) is 67.9 Å². The van der Waals surface area contributed by atoms with Crippen LogP contribution in [0.4, 0.5) is 23.2 Å². The Hall–Kier alpha value is -3.25. The lowest BCUT2D eigenvalue weighted by molar-refractivity contribution is -0.139. The molecule has 1 N–H and O–H groups in total. The van der Waals surface area contributed by atoms with Crippen LogP contribution in [0.5, 0.6) is 11.6 Å². The van der Waals surface area contributed by atoms with Crippen LogP contribution >= 0.6 is 0 Å². The molecule has 0 atom stereocenters. The number of pyridine rings is 1. The molecule has 0 bridgehead atoms. The zero-order valence-corrected chi connectivity index (χ0v) is 24.8. The number of halogens is 4. The highest BCUT2D eigenvalue weighted by molar-refractivity contribution is 6.03. The van der Waals surface area contributed by atoms with Crippen LogP contribution in [0.3, 0.4) is 0 Å². The highest BCUT2D eigenvalue weighted by atomic mass is 19.4. The van der Waals surface area contributed by atoms with Gasteiger partial charge in [0.1, 0.15) is 5.56 Å². The lowest BCUT2D eigenvalue weighted by Crippen LogP contribution is -2.49. The molecule has 1 amide bonds. The molecule has 1 aromatic carbocycles. The highest BCUT2D eigenvalue weighted by Crippen LogP contribution is 2.52. The number of carbonyl (C=O) groups excluding carboxylic acids is 1. The molecule has 2 fully saturated rings. The average Bonchev–Trinajstić information content (AvgIpc) is 3.76. The number of rotatable bonds is 12. The van der Waals surface area contributed by atoms with Crippen molar-refractivity contribution in [2.75, 3.05) is 32.3 Å². The summed E-state index contributed by atoms with van der Waals surface area (Å²) in [5.74, 6) is -4.73. The molecule has 2 aliphatic rings. The predicted molar refractivity (Wildman–Crippen MR) is 150 cm³/mol. The largest absolute Gasteiger partial charge is 0.478 e. The number of nitrogens with zero attached hydrogens (tertiary/aromatic N) is 2. The summed E-state index contributed by atoms with van der Waals surface area (Å²) in [6.07, 6.45) is 1.33. The molecule has 43 heavy (non-hydrogen) atoms. The molecule has 1 heterocycles. The van der Waals surface area contributed by atoms with Crippen molar-refractivity contribution in [1.82, 2.24) is 4.98 Å². The van der Waals surface area contributed by atoms with Crippen LogP contribution in [0.2, 0.25) is 0 Å². The smallest absolute Gasteiger partial charge is 0.421 e. The number of anilines is 1. The van der Waals surface area contributed by atoms with E-state index in [0.29, 0.717) is 30.7 Å². The minimum atomic E-state index is -4.86. The summed E-state index contributed by atoms with van der Waals surface area (Å²) in [5, 5.41) is 10.1. The lowest BCUT2D eigenvalue weighted by Gasteiger charge is -2.36. The third kappa shape index (κ3) is 7.12. The summed E-state index contributed by atoms with van der Waals surface area (Å²) < 4.78 is 73.8. The second kappa shape index (κ2) is 13.2. The van der Waals surface area contributed by atoms with Gasteiger partial charge in [-0.1, -0.05) is 13.8 Å². The number of ether oxygens (including phenoxy) is 3. The molecule has 4 rings (SSSR count). The summed E-state index contributed by atoms with van der Waals surface area (Å²) in [4.78, 5) is 31.4. The van der Waals surface area contributed by atoms with Crippen LogP contribution < -0.4 is 9.64 Å². The van der Waals surface area contributed by atoms with E-state index in [9.17, 15) is 27.9 Å². The van der Waals surface area contributed by atoms with Crippen LogP contribution in [-0.4, -0.2) is 55.4 Å². The Bertz CT molecular complexity index is 1320. The number of carbonyl (C=O) groups is 2. The molecule has 2 saturated carbocycles. The second-order valence-corrected chi connectivity index (χ2v) is 11.6. The number of carboxylic acid groups (broad SMARTS) is 1. The van der Waals surface area contributed by atoms with E-state index < -0.39 is 58.6 Å². The average molecular weight is 611 g/mol. The van der Waals surface area contributed by atoms with Crippen LogP contribution in [-0.2, 0) is 25.9 Å². The number of amides is 1. The molecular formula is C31H38F4N2O6. The van der Waals surface area contributed by atoms with E-state index >= 15 is 4.39 Å². The molecule has 0 unspecified atom stereocenters. The van der Waals surface area contributed by atoms with Gasteiger partial charge in [0, 0.05) is 38.5 Å². The van der Waals surface area contributed by atoms with Crippen molar-refractivity contribution in [2.24, 2.45) is 11.8 Å². The molecule has 0 radical (unpaired) electrons. The highest BCUT2D eigenvalue weighted by Gasteiger charge is 2.45. The van der Waals surface area contributed by atoms with E-state index in [0.717, 1.165) is 43.9 Å². The van der Waals surface area contributed by atoms with Gasteiger partial charge < -0.3 is 24.2 Å². The van der Waals surface area contributed by atoms with Gasteiger partial charge in [-0.15, -0.1) is 0 Å². The number of methoxy groups -OCH3 is 2. The number of benzene rings is 1.